The molecule has 0 bridgehead atoms. The third kappa shape index (κ3) is 7.75. The highest BCUT2D eigenvalue weighted by molar-refractivity contribution is 5.17. The van der Waals surface area contributed by atoms with E-state index in [1.807, 2.05) is 36.5 Å². The zero-order valence-corrected chi connectivity index (χ0v) is 9.23. The highest BCUT2D eigenvalue weighted by Crippen LogP contribution is 2.04. The second-order valence-electron chi connectivity index (χ2n) is 3.55. The minimum atomic E-state index is 1.08. The Labute approximate surface area is 93.4 Å². The van der Waals surface area contributed by atoms with Crippen molar-refractivity contribution in [3.8, 4) is 0 Å². The van der Waals surface area contributed by atoms with Gasteiger partial charge in [0.1, 0.15) is 0 Å². The van der Waals surface area contributed by atoms with Crippen molar-refractivity contribution in [1.29, 1.82) is 0 Å². The van der Waals surface area contributed by atoms with E-state index in [2.05, 4.69) is 24.3 Å². The molecule has 0 saturated carbocycles. The van der Waals surface area contributed by atoms with Gasteiger partial charge in [-0.1, -0.05) is 61.1 Å². The fourth-order valence-electron chi connectivity index (χ4n) is 1.37. The molecule has 0 aromatic heterocycles. The van der Waals surface area contributed by atoms with Gasteiger partial charge in [-0.3, -0.25) is 0 Å². The van der Waals surface area contributed by atoms with E-state index in [4.69, 9.17) is 0 Å². The topological polar surface area (TPSA) is 0 Å². The van der Waals surface area contributed by atoms with Gasteiger partial charge in [-0.05, 0) is 31.8 Å². The molecule has 0 amide bonds. The van der Waals surface area contributed by atoms with Gasteiger partial charge in [0, 0.05) is 0 Å². The van der Waals surface area contributed by atoms with Gasteiger partial charge in [-0.15, -0.1) is 0 Å². The zero-order chi connectivity index (χ0) is 10.6. The molecule has 1 aliphatic carbocycles. The monoisotopic (exact) mass is 199 g/mol. The molecule has 0 heterocycles. The van der Waals surface area contributed by atoms with Crippen molar-refractivity contribution < 1.29 is 0 Å². The first kappa shape index (κ1) is 11.8. The first-order valence-corrected chi connectivity index (χ1v) is 5.72. The molecule has 0 aliphatic heterocycles. The Morgan fingerprint density at radius 2 is 1.40 bits per heavy atom. The fourth-order valence-corrected chi connectivity index (χ4v) is 1.37. The highest BCUT2D eigenvalue weighted by atomic mass is 13.9. The molecule has 0 N–H and O–H groups in total. The van der Waals surface area contributed by atoms with Crippen LogP contribution in [0.2, 0.25) is 0 Å². The second kappa shape index (κ2) is 9.26. The molecule has 0 aromatic rings. The van der Waals surface area contributed by atoms with Crippen LogP contribution in [0.3, 0.4) is 0 Å². The first-order chi connectivity index (χ1) is 7.50. The Balaban J connectivity index is 2.43. The van der Waals surface area contributed by atoms with Crippen molar-refractivity contribution in [3.63, 3.8) is 0 Å². The van der Waals surface area contributed by atoms with Crippen molar-refractivity contribution in [3.05, 3.63) is 60.8 Å². The van der Waals surface area contributed by atoms with Crippen LogP contribution in [0.4, 0.5) is 0 Å². The maximum Gasteiger partial charge on any atom is -0.0276 e. The molecule has 15 heavy (non-hydrogen) atoms. The van der Waals surface area contributed by atoms with E-state index in [1.165, 1.54) is 25.7 Å². The molecular weight excluding hydrogens is 180 g/mol. The summed E-state index contributed by atoms with van der Waals surface area (Å²) in [5, 5.41) is 0. The molecule has 0 fully saturated rings. The van der Waals surface area contributed by atoms with Crippen LogP contribution >= 0.6 is 0 Å². The van der Waals surface area contributed by atoms with Crippen LogP contribution in [0, 0.1) is 6.08 Å². The summed E-state index contributed by atoms with van der Waals surface area (Å²) in [6.45, 7) is 0. The second-order valence-corrected chi connectivity index (χ2v) is 3.55. The molecule has 1 aliphatic rings. The number of rotatable bonds is 0. The maximum atomic E-state index is 3.27. The Bertz CT molecular complexity index is 246. The minimum absolute atomic E-state index is 1.08. The van der Waals surface area contributed by atoms with E-state index < -0.39 is 0 Å². The van der Waals surface area contributed by atoms with Gasteiger partial charge in [-0.25, -0.2) is 0 Å². The summed E-state index contributed by atoms with van der Waals surface area (Å²) < 4.78 is 0. The number of hydrogen-bond donors (Lipinski definition) is 0. The fraction of sp³-hybridized carbons (Fsp3) is 0.333. The van der Waals surface area contributed by atoms with E-state index in [0.29, 0.717) is 0 Å². The number of allylic oxidation sites excluding steroid dienone is 10. The lowest BCUT2D eigenvalue weighted by molar-refractivity contribution is 0.691. The van der Waals surface area contributed by atoms with Gasteiger partial charge in [0.05, 0.1) is 0 Å². The Hall–Kier alpha value is -1.30. The minimum Gasteiger partial charge on any atom is -0.0845 e. The van der Waals surface area contributed by atoms with Gasteiger partial charge < -0.3 is 0 Å². The summed E-state index contributed by atoms with van der Waals surface area (Å²) in [7, 11) is 0. The van der Waals surface area contributed by atoms with Crippen LogP contribution in [0.25, 0.3) is 0 Å². The first-order valence-electron chi connectivity index (χ1n) is 5.72. The predicted octanol–water partition coefficient (Wildman–Crippen LogP) is 4.53. The van der Waals surface area contributed by atoms with Crippen molar-refractivity contribution in [1.82, 2.24) is 0 Å². The lowest BCUT2D eigenvalue weighted by atomic mass is 10.1. The average Bonchev–Trinajstić information content (AvgIpc) is 2.27. The smallest absolute Gasteiger partial charge is 0.0276 e. The van der Waals surface area contributed by atoms with Crippen LogP contribution in [0.5, 0.6) is 0 Å². The number of hydrogen-bond acceptors (Lipinski definition) is 0. The standard InChI is InChI=1S/C15H19/c1-2-4-6-8-10-12-14-15-13-11-9-7-5-3-1/h1-9H,10,12-15H2/b3-1+,4-2-,7-5+,8-6+,11-9?. The summed E-state index contributed by atoms with van der Waals surface area (Å²) in [6, 6.07) is 0. The summed E-state index contributed by atoms with van der Waals surface area (Å²) in [4.78, 5) is 0. The average molecular weight is 199 g/mol. The predicted molar refractivity (Wildman–Crippen MR) is 67.5 cm³/mol. The molecule has 0 aromatic carbocycles. The van der Waals surface area contributed by atoms with Gasteiger partial charge in [0.25, 0.3) is 0 Å². The third-order valence-electron chi connectivity index (χ3n) is 2.21. The molecule has 1 rings (SSSR count). The molecule has 0 heteroatoms. The van der Waals surface area contributed by atoms with Crippen LogP contribution in [0.1, 0.15) is 32.1 Å². The van der Waals surface area contributed by atoms with Crippen LogP contribution < -0.4 is 0 Å². The quantitative estimate of drug-likeness (QED) is 0.537. The molecule has 0 saturated heterocycles. The van der Waals surface area contributed by atoms with E-state index in [1.54, 1.807) is 0 Å². The van der Waals surface area contributed by atoms with Crippen molar-refractivity contribution in [2.24, 2.45) is 0 Å². The molecule has 0 nitrogen and oxygen atoms in total. The van der Waals surface area contributed by atoms with E-state index in [9.17, 15) is 0 Å². The summed E-state index contributed by atoms with van der Waals surface area (Å²) in [6.07, 6.45) is 28.0. The molecule has 1 radical (unpaired) electrons. The van der Waals surface area contributed by atoms with Gasteiger partial charge in [-0.2, -0.15) is 0 Å². The molecule has 0 spiro atoms. The highest BCUT2D eigenvalue weighted by Gasteiger charge is 1.85. The lowest BCUT2D eigenvalue weighted by Crippen LogP contribution is -1.74. The van der Waals surface area contributed by atoms with Gasteiger partial charge in [0.2, 0.25) is 0 Å². The van der Waals surface area contributed by atoms with Crippen molar-refractivity contribution in [2.75, 3.05) is 0 Å². The lowest BCUT2D eigenvalue weighted by Gasteiger charge is -1.93. The van der Waals surface area contributed by atoms with Gasteiger partial charge in [0.15, 0.2) is 0 Å². The third-order valence-corrected chi connectivity index (χ3v) is 2.21. The molecule has 0 atom stereocenters. The van der Waals surface area contributed by atoms with Crippen LogP contribution in [0.15, 0.2) is 54.7 Å². The Morgan fingerprint density at radius 3 is 2.27 bits per heavy atom. The summed E-state index contributed by atoms with van der Waals surface area (Å²) in [5.74, 6) is 0. The summed E-state index contributed by atoms with van der Waals surface area (Å²) >= 11 is 0. The SMILES string of the molecule is [C]1=C/C=C/C=C/C=C\C=C\CCCCC\1. The largest absolute Gasteiger partial charge is 0.0845 e. The van der Waals surface area contributed by atoms with E-state index >= 15 is 0 Å². The molecule has 0 unspecified atom stereocenters. The van der Waals surface area contributed by atoms with Crippen LogP contribution in [-0.4, -0.2) is 0 Å². The van der Waals surface area contributed by atoms with Crippen molar-refractivity contribution >= 4 is 0 Å². The zero-order valence-electron chi connectivity index (χ0n) is 9.23. The van der Waals surface area contributed by atoms with Gasteiger partial charge >= 0.3 is 0 Å². The van der Waals surface area contributed by atoms with Crippen LogP contribution in [-0.2, 0) is 0 Å². The Kier molecular flexibility index (Phi) is 7.27. The maximum absolute atomic E-state index is 3.27. The van der Waals surface area contributed by atoms with Crippen molar-refractivity contribution in [2.45, 2.75) is 32.1 Å². The van der Waals surface area contributed by atoms with E-state index in [-0.39, 0.29) is 0 Å². The Morgan fingerprint density at radius 1 is 0.667 bits per heavy atom. The molecular formula is C15H19. The molecule has 79 valence electrons. The summed E-state index contributed by atoms with van der Waals surface area (Å²) in [5.41, 5.74) is 0. The van der Waals surface area contributed by atoms with E-state index in [0.717, 1.165) is 6.42 Å². The normalized spacial score (nSPS) is 29.3.